The van der Waals surface area contributed by atoms with E-state index in [4.69, 9.17) is 10.5 Å². The van der Waals surface area contributed by atoms with Crippen LogP contribution in [-0.4, -0.2) is 37.7 Å². The fourth-order valence-corrected chi connectivity index (χ4v) is 3.77. The molecule has 15 heavy (non-hydrogen) atoms. The summed E-state index contributed by atoms with van der Waals surface area (Å²) in [5.74, 6) is 0. The van der Waals surface area contributed by atoms with E-state index in [1.807, 2.05) is 0 Å². The summed E-state index contributed by atoms with van der Waals surface area (Å²) < 4.78 is 6.87. The van der Waals surface area contributed by atoms with Crippen molar-refractivity contribution < 1.29 is 4.74 Å². The van der Waals surface area contributed by atoms with Crippen molar-refractivity contribution >= 4 is 27.3 Å². The molecule has 0 amide bonds. The summed E-state index contributed by atoms with van der Waals surface area (Å²) in [6, 6.07) is 2.37. The van der Waals surface area contributed by atoms with Crippen molar-refractivity contribution in [2.45, 2.75) is 12.1 Å². The Balaban J connectivity index is 2.27. The van der Waals surface area contributed by atoms with Crippen LogP contribution < -0.4 is 5.73 Å². The van der Waals surface area contributed by atoms with Crippen molar-refractivity contribution in [3.05, 3.63) is 20.8 Å². The van der Waals surface area contributed by atoms with E-state index < -0.39 is 0 Å². The van der Waals surface area contributed by atoms with E-state index in [1.54, 1.807) is 11.3 Å². The molecule has 1 aliphatic rings. The summed E-state index contributed by atoms with van der Waals surface area (Å²) in [6.07, 6.45) is 0.110. The number of likely N-dealkylation sites (N-methyl/N-ethyl adjacent to an activating group) is 1. The van der Waals surface area contributed by atoms with Gasteiger partial charge in [0.2, 0.25) is 0 Å². The van der Waals surface area contributed by atoms with Crippen molar-refractivity contribution in [2.24, 2.45) is 5.73 Å². The van der Waals surface area contributed by atoms with Crippen molar-refractivity contribution in [3.8, 4) is 0 Å². The SMILES string of the molecule is CN1CCOC(CN)C1c1sccc1Br. The quantitative estimate of drug-likeness (QED) is 0.903. The average Bonchev–Trinajstić information content (AvgIpc) is 2.64. The molecule has 0 aromatic carbocycles. The number of thiophene rings is 1. The van der Waals surface area contributed by atoms with Crippen LogP contribution in [0.2, 0.25) is 0 Å². The van der Waals surface area contributed by atoms with Crippen molar-refractivity contribution in [1.29, 1.82) is 0 Å². The summed E-state index contributed by atoms with van der Waals surface area (Å²) >= 11 is 5.33. The van der Waals surface area contributed by atoms with Gasteiger partial charge in [0.25, 0.3) is 0 Å². The molecule has 1 aliphatic heterocycles. The van der Waals surface area contributed by atoms with E-state index in [0.717, 1.165) is 17.6 Å². The van der Waals surface area contributed by atoms with E-state index in [9.17, 15) is 0 Å². The molecule has 2 heterocycles. The van der Waals surface area contributed by atoms with Gasteiger partial charge in [-0.15, -0.1) is 11.3 Å². The van der Waals surface area contributed by atoms with Gasteiger partial charge in [-0.3, -0.25) is 4.90 Å². The van der Waals surface area contributed by atoms with E-state index in [0.29, 0.717) is 6.54 Å². The minimum Gasteiger partial charge on any atom is -0.374 e. The lowest BCUT2D eigenvalue weighted by atomic mass is 10.1. The summed E-state index contributed by atoms with van der Waals surface area (Å²) in [7, 11) is 2.13. The summed E-state index contributed by atoms with van der Waals surface area (Å²) in [5.41, 5.74) is 5.75. The third kappa shape index (κ3) is 2.26. The molecule has 1 aromatic rings. The Hall–Kier alpha value is 0.0600. The molecule has 2 atom stereocenters. The molecule has 1 aromatic heterocycles. The van der Waals surface area contributed by atoms with Gasteiger partial charge in [-0.05, 0) is 34.4 Å². The van der Waals surface area contributed by atoms with Crippen LogP contribution in [0.3, 0.4) is 0 Å². The van der Waals surface area contributed by atoms with E-state index >= 15 is 0 Å². The topological polar surface area (TPSA) is 38.5 Å². The molecule has 0 saturated carbocycles. The van der Waals surface area contributed by atoms with Gasteiger partial charge in [0, 0.05) is 22.4 Å². The summed E-state index contributed by atoms with van der Waals surface area (Å²) in [4.78, 5) is 3.63. The number of morpholine rings is 1. The normalized spacial score (nSPS) is 28.2. The number of hydrogen-bond donors (Lipinski definition) is 1. The van der Waals surface area contributed by atoms with Crippen LogP contribution in [0.4, 0.5) is 0 Å². The van der Waals surface area contributed by atoms with Crippen molar-refractivity contribution in [2.75, 3.05) is 26.7 Å². The van der Waals surface area contributed by atoms with Gasteiger partial charge in [-0.1, -0.05) is 0 Å². The first-order valence-corrected chi connectivity index (χ1v) is 6.66. The molecule has 2 N–H and O–H groups in total. The van der Waals surface area contributed by atoms with Crippen LogP contribution in [0.25, 0.3) is 0 Å². The minimum absolute atomic E-state index is 0.110. The number of nitrogens with zero attached hydrogens (tertiary/aromatic N) is 1. The number of rotatable bonds is 2. The largest absolute Gasteiger partial charge is 0.374 e. The lowest BCUT2D eigenvalue weighted by Gasteiger charge is -2.38. The predicted molar refractivity (Wildman–Crippen MR) is 66.2 cm³/mol. The molecular formula is C10H15BrN2OS. The fraction of sp³-hybridized carbons (Fsp3) is 0.600. The van der Waals surface area contributed by atoms with Gasteiger partial charge in [0.1, 0.15) is 0 Å². The lowest BCUT2D eigenvalue weighted by Crippen LogP contribution is -2.46. The highest BCUT2D eigenvalue weighted by atomic mass is 79.9. The lowest BCUT2D eigenvalue weighted by molar-refractivity contribution is -0.0566. The zero-order valence-corrected chi connectivity index (χ0v) is 11.1. The maximum absolute atomic E-state index is 5.75. The van der Waals surface area contributed by atoms with Gasteiger partial charge >= 0.3 is 0 Å². The Bertz CT molecular complexity index is 331. The second-order valence-electron chi connectivity index (χ2n) is 3.70. The third-order valence-corrected chi connectivity index (χ3v) is 4.69. The van der Waals surface area contributed by atoms with Gasteiger partial charge < -0.3 is 10.5 Å². The van der Waals surface area contributed by atoms with Crippen LogP contribution >= 0.6 is 27.3 Å². The van der Waals surface area contributed by atoms with Crippen LogP contribution in [0, 0.1) is 0 Å². The Morgan fingerprint density at radius 3 is 3.13 bits per heavy atom. The highest BCUT2D eigenvalue weighted by Gasteiger charge is 2.32. The molecule has 1 saturated heterocycles. The van der Waals surface area contributed by atoms with Gasteiger partial charge in [0.05, 0.1) is 18.8 Å². The standard InChI is InChI=1S/C10H15BrN2OS/c1-13-3-4-14-8(6-12)9(13)10-7(11)2-5-15-10/h2,5,8-9H,3-4,6,12H2,1H3. The smallest absolute Gasteiger partial charge is 0.0902 e. The summed E-state index contributed by atoms with van der Waals surface area (Å²) in [5, 5.41) is 2.09. The second kappa shape index (κ2) is 4.93. The Morgan fingerprint density at radius 2 is 2.53 bits per heavy atom. The predicted octanol–water partition coefficient (Wildman–Crippen LogP) is 1.84. The van der Waals surface area contributed by atoms with Gasteiger partial charge in [0.15, 0.2) is 0 Å². The van der Waals surface area contributed by atoms with E-state index in [-0.39, 0.29) is 12.1 Å². The second-order valence-corrected chi connectivity index (χ2v) is 5.51. The molecule has 2 unspecified atom stereocenters. The Kier molecular flexibility index (Phi) is 3.79. The maximum atomic E-state index is 5.75. The van der Waals surface area contributed by atoms with Crippen molar-refractivity contribution in [3.63, 3.8) is 0 Å². The zero-order valence-electron chi connectivity index (χ0n) is 8.65. The molecule has 0 spiro atoms. The number of nitrogens with two attached hydrogens (primary N) is 1. The molecule has 0 radical (unpaired) electrons. The highest BCUT2D eigenvalue weighted by Crippen LogP contribution is 2.36. The number of hydrogen-bond acceptors (Lipinski definition) is 4. The maximum Gasteiger partial charge on any atom is 0.0902 e. The molecule has 84 valence electrons. The highest BCUT2D eigenvalue weighted by molar-refractivity contribution is 9.10. The molecule has 3 nitrogen and oxygen atoms in total. The monoisotopic (exact) mass is 290 g/mol. The number of halogens is 1. The first-order valence-electron chi connectivity index (χ1n) is 4.99. The third-order valence-electron chi connectivity index (χ3n) is 2.75. The van der Waals surface area contributed by atoms with Crippen LogP contribution in [0.15, 0.2) is 15.9 Å². The Morgan fingerprint density at radius 1 is 1.73 bits per heavy atom. The molecule has 0 aliphatic carbocycles. The minimum atomic E-state index is 0.110. The molecule has 0 bridgehead atoms. The summed E-state index contributed by atoms with van der Waals surface area (Å²) in [6.45, 7) is 2.31. The fourth-order valence-electron chi connectivity index (χ4n) is 1.94. The number of ether oxygens (including phenoxy) is 1. The molecule has 2 rings (SSSR count). The van der Waals surface area contributed by atoms with Crippen LogP contribution in [-0.2, 0) is 4.74 Å². The van der Waals surface area contributed by atoms with Crippen LogP contribution in [0.1, 0.15) is 10.9 Å². The van der Waals surface area contributed by atoms with Crippen LogP contribution in [0.5, 0.6) is 0 Å². The van der Waals surface area contributed by atoms with Crippen molar-refractivity contribution in [1.82, 2.24) is 4.90 Å². The van der Waals surface area contributed by atoms with E-state index in [2.05, 4.69) is 39.3 Å². The Labute approximate surface area is 102 Å². The van der Waals surface area contributed by atoms with Gasteiger partial charge in [-0.25, -0.2) is 0 Å². The average molecular weight is 291 g/mol. The van der Waals surface area contributed by atoms with E-state index in [1.165, 1.54) is 4.88 Å². The molecule has 5 heteroatoms. The molecule has 1 fully saturated rings. The first kappa shape index (κ1) is 11.5. The van der Waals surface area contributed by atoms with Gasteiger partial charge in [-0.2, -0.15) is 0 Å². The zero-order chi connectivity index (χ0) is 10.8. The first-order chi connectivity index (χ1) is 7.24. The molecular weight excluding hydrogens is 276 g/mol.